The molecule has 0 heterocycles. The second kappa shape index (κ2) is 3.97. The van der Waals surface area contributed by atoms with Crippen molar-refractivity contribution < 1.29 is 0 Å². The summed E-state index contributed by atoms with van der Waals surface area (Å²) in [6, 6.07) is 0. The van der Waals surface area contributed by atoms with Gasteiger partial charge in [0.25, 0.3) is 0 Å². The minimum atomic E-state index is -1.14. The lowest BCUT2D eigenvalue weighted by Crippen LogP contribution is -2.60. The molecule has 0 aliphatic heterocycles. The van der Waals surface area contributed by atoms with E-state index in [1.165, 1.54) is 0 Å². The average Bonchev–Trinajstić information content (AvgIpc) is 1.84. The maximum absolute atomic E-state index is 6.02. The Bertz CT molecular complexity index is 104. The van der Waals surface area contributed by atoms with E-state index in [9.17, 15) is 0 Å². The molecule has 0 aromatic heterocycles. The summed E-state index contributed by atoms with van der Waals surface area (Å²) in [6.45, 7) is 8.70. The van der Waals surface area contributed by atoms with Gasteiger partial charge in [-0.25, -0.2) is 0 Å². The normalized spacial score (nSPS) is 25.4. The Labute approximate surface area is 74.4 Å². The van der Waals surface area contributed by atoms with E-state index in [4.69, 9.17) is 16.2 Å². The van der Waals surface area contributed by atoms with Crippen LogP contribution in [0.25, 0.3) is 0 Å². The molecule has 0 saturated heterocycles. The summed E-state index contributed by atoms with van der Waals surface area (Å²) in [6.07, 6.45) is 0. The molecule has 0 aliphatic carbocycles. The molecule has 0 aromatic carbocycles. The molecule has 6 N–H and O–H groups in total. The van der Waals surface area contributed by atoms with Gasteiger partial charge in [-0.1, -0.05) is 26.6 Å². The Balaban J connectivity index is 4.53. The van der Waals surface area contributed by atoms with Gasteiger partial charge in [0.1, 0.15) is 26.9 Å². The SMILES string of the molecule is C[SiH](N)C(C)([SiH](C)N)[SiH](C)N. The number of nitrogens with two attached hydrogens (primary N) is 3. The maximum Gasteiger partial charge on any atom is 0.105 e. The van der Waals surface area contributed by atoms with Gasteiger partial charge in [-0.2, -0.15) is 0 Å². The van der Waals surface area contributed by atoms with Crippen molar-refractivity contribution in [1.29, 1.82) is 0 Å². The molecule has 0 amide bonds. The largest absolute Gasteiger partial charge is 0.353 e. The van der Waals surface area contributed by atoms with E-state index in [1.54, 1.807) is 0 Å². The van der Waals surface area contributed by atoms with E-state index in [-0.39, 0.29) is 4.28 Å². The van der Waals surface area contributed by atoms with Crippen LogP contribution in [0.4, 0.5) is 0 Å². The third kappa shape index (κ3) is 2.23. The van der Waals surface area contributed by atoms with Crippen molar-refractivity contribution >= 4 is 26.9 Å². The summed E-state index contributed by atoms with van der Waals surface area (Å²) >= 11 is 0. The summed E-state index contributed by atoms with van der Waals surface area (Å²) < 4.78 is 0.250. The molecule has 11 heavy (non-hydrogen) atoms. The van der Waals surface area contributed by atoms with E-state index in [0.717, 1.165) is 0 Å². The van der Waals surface area contributed by atoms with Crippen LogP contribution in [0.15, 0.2) is 0 Å². The van der Waals surface area contributed by atoms with E-state index in [1.807, 2.05) is 0 Å². The van der Waals surface area contributed by atoms with Crippen LogP contribution < -0.4 is 16.2 Å². The van der Waals surface area contributed by atoms with Crippen LogP contribution >= 0.6 is 0 Å². The summed E-state index contributed by atoms with van der Waals surface area (Å²) in [5.41, 5.74) is 0. The molecule has 3 atom stereocenters. The van der Waals surface area contributed by atoms with Crippen molar-refractivity contribution in [2.75, 3.05) is 0 Å². The molecule has 0 rings (SSSR count). The standard InChI is InChI=1S/C5H21N3Si3/c1-5(9(2)6,10(3)7)11(4)8/h9-11H,6-8H2,1-4H3. The molecule has 0 radical (unpaired) electrons. The molecular formula is C5H21N3Si3. The molecule has 3 nitrogen and oxygen atoms in total. The third-order valence-electron chi connectivity index (χ3n) is 2.94. The van der Waals surface area contributed by atoms with E-state index in [0.29, 0.717) is 0 Å². The first kappa shape index (κ1) is 11.5. The van der Waals surface area contributed by atoms with Crippen molar-refractivity contribution in [3.63, 3.8) is 0 Å². The first-order chi connectivity index (χ1) is 4.83. The third-order valence-corrected chi connectivity index (χ3v) is 18.3. The minimum absolute atomic E-state index is 0.250. The Morgan fingerprint density at radius 2 is 1.00 bits per heavy atom. The van der Waals surface area contributed by atoms with Crippen molar-refractivity contribution in [3.05, 3.63) is 0 Å². The highest BCUT2D eigenvalue weighted by Gasteiger charge is 2.39. The van der Waals surface area contributed by atoms with E-state index < -0.39 is 26.9 Å². The summed E-state index contributed by atoms with van der Waals surface area (Å²) in [5, 5.41) is 18.1. The topological polar surface area (TPSA) is 78.1 Å². The quantitative estimate of drug-likeness (QED) is 0.507. The Hall–Kier alpha value is 0.531. The van der Waals surface area contributed by atoms with E-state index in [2.05, 4.69) is 26.6 Å². The van der Waals surface area contributed by atoms with Gasteiger partial charge in [-0.15, -0.1) is 0 Å². The smallest absolute Gasteiger partial charge is 0.105 e. The van der Waals surface area contributed by atoms with E-state index >= 15 is 0 Å². The van der Waals surface area contributed by atoms with Crippen molar-refractivity contribution in [1.82, 2.24) is 0 Å². The lowest BCUT2D eigenvalue weighted by molar-refractivity contribution is 1.07. The van der Waals surface area contributed by atoms with Gasteiger partial charge in [0.15, 0.2) is 0 Å². The second-order valence-corrected chi connectivity index (χ2v) is 14.2. The highest BCUT2D eigenvalue weighted by molar-refractivity contribution is 6.95. The van der Waals surface area contributed by atoms with Gasteiger partial charge in [0, 0.05) is 0 Å². The Kier molecular flexibility index (Phi) is 4.16. The monoisotopic (exact) mass is 207 g/mol. The van der Waals surface area contributed by atoms with Gasteiger partial charge in [0.2, 0.25) is 0 Å². The fourth-order valence-electron chi connectivity index (χ4n) is 1.24. The first-order valence-corrected chi connectivity index (χ1v) is 11.3. The van der Waals surface area contributed by atoms with Gasteiger partial charge in [-0.3, -0.25) is 0 Å². The van der Waals surface area contributed by atoms with Crippen LogP contribution in [-0.4, -0.2) is 26.9 Å². The Morgan fingerprint density at radius 3 is 1.00 bits per heavy atom. The zero-order valence-corrected chi connectivity index (χ0v) is 11.4. The summed E-state index contributed by atoms with van der Waals surface area (Å²) in [7, 11) is -3.43. The maximum atomic E-state index is 6.02. The molecule has 68 valence electrons. The highest BCUT2D eigenvalue weighted by atomic mass is 28.4. The second-order valence-electron chi connectivity index (χ2n) is 3.73. The van der Waals surface area contributed by atoms with Crippen LogP contribution in [0.5, 0.6) is 0 Å². The zero-order chi connectivity index (χ0) is 9.23. The van der Waals surface area contributed by atoms with Crippen molar-refractivity contribution in [2.45, 2.75) is 30.8 Å². The molecule has 0 fully saturated rings. The lowest BCUT2D eigenvalue weighted by Gasteiger charge is -2.37. The molecule has 6 heteroatoms. The molecule has 0 aromatic rings. The van der Waals surface area contributed by atoms with Crippen LogP contribution in [-0.2, 0) is 0 Å². The Morgan fingerprint density at radius 1 is 0.818 bits per heavy atom. The van der Waals surface area contributed by atoms with Crippen molar-refractivity contribution in [3.8, 4) is 0 Å². The van der Waals surface area contributed by atoms with Gasteiger partial charge < -0.3 is 16.2 Å². The fourth-order valence-corrected chi connectivity index (χ4v) is 11.2. The molecule has 0 spiro atoms. The van der Waals surface area contributed by atoms with Gasteiger partial charge in [-0.05, 0) is 4.28 Å². The summed E-state index contributed by atoms with van der Waals surface area (Å²) in [5.74, 6) is 0. The van der Waals surface area contributed by atoms with Crippen molar-refractivity contribution in [2.24, 2.45) is 16.2 Å². The fraction of sp³-hybridized carbons (Fsp3) is 1.00. The van der Waals surface area contributed by atoms with Crippen LogP contribution in [0.2, 0.25) is 23.9 Å². The molecule has 3 unspecified atom stereocenters. The molecule has 0 aliphatic rings. The zero-order valence-electron chi connectivity index (χ0n) is 7.96. The first-order valence-electron chi connectivity index (χ1n) is 4.10. The van der Waals surface area contributed by atoms with Gasteiger partial charge in [0.05, 0.1) is 0 Å². The molecule has 0 saturated carbocycles. The summed E-state index contributed by atoms with van der Waals surface area (Å²) in [4.78, 5) is 0. The number of rotatable bonds is 3. The lowest BCUT2D eigenvalue weighted by atomic mass is 10.9. The number of hydrogen-bond acceptors (Lipinski definition) is 3. The van der Waals surface area contributed by atoms with Crippen LogP contribution in [0.1, 0.15) is 6.92 Å². The average molecular weight is 208 g/mol. The minimum Gasteiger partial charge on any atom is -0.353 e. The predicted molar refractivity (Wildman–Crippen MR) is 60.0 cm³/mol. The van der Waals surface area contributed by atoms with Crippen LogP contribution in [0.3, 0.4) is 0 Å². The predicted octanol–water partition coefficient (Wildman–Crippen LogP) is -1.24. The van der Waals surface area contributed by atoms with Gasteiger partial charge >= 0.3 is 0 Å². The van der Waals surface area contributed by atoms with Crippen LogP contribution in [0, 0.1) is 0 Å². The number of hydrogen-bond donors (Lipinski definition) is 3. The molecular weight excluding hydrogens is 186 g/mol. The molecule has 0 bridgehead atoms. The highest BCUT2D eigenvalue weighted by Crippen LogP contribution is 2.29.